The maximum Gasteiger partial charge on any atom is 0.0426 e. The summed E-state index contributed by atoms with van der Waals surface area (Å²) in [5.41, 5.74) is 5.34. The van der Waals surface area contributed by atoms with Crippen molar-refractivity contribution < 1.29 is 0 Å². The highest BCUT2D eigenvalue weighted by Gasteiger charge is 2.05. The second-order valence-corrected chi connectivity index (χ2v) is 5.23. The molecule has 2 rings (SSSR count). The summed E-state index contributed by atoms with van der Waals surface area (Å²) in [6.45, 7) is 7.22. The van der Waals surface area contributed by atoms with Crippen molar-refractivity contribution in [2.45, 2.75) is 26.9 Å². The largest absolute Gasteiger partial charge is 0.370 e. The Hall–Kier alpha value is -1.80. The maximum atomic E-state index is 3.38. The molecule has 0 amide bonds. The zero-order valence-corrected chi connectivity index (χ0v) is 12.7. The zero-order chi connectivity index (χ0) is 14.4. The molecule has 0 unspecified atom stereocenters. The first-order valence-corrected chi connectivity index (χ1v) is 7.26. The SMILES string of the molecule is CCNCc1ccc(N(C)Cc2ccccc2)cc1C. The summed E-state index contributed by atoms with van der Waals surface area (Å²) in [6, 6.07) is 17.3. The Morgan fingerprint density at radius 1 is 1.05 bits per heavy atom. The molecule has 0 aliphatic rings. The van der Waals surface area contributed by atoms with Gasteiger partial charge in [0.15, 0.2) is 0 Å². The number of rotatable bonds is 6. The van der Waals surface area contributed by atoms with Crippen molar-refractivity contribution >= 4 is 5.69 Å². The highest BCUT2D eigenvalue weighted by Crippen LogP contribution is 2.20. The van der Waals surface area contributed by atoms with Crippen molar-refractivity contribution in [2.75, 3.05) is 18.5 Å². The van der Waals surface area contributed by atoms with Crippen LogP contribution in [0.4, 0.5) is 5.69 Å². The second-order valence-electron chi connectivity index (χ2n) is 5.23. The average molecular weight is 268 g/mol. The molecular weight excluding hydrogens is 244 g/mol. The molecule has 0 heterocycles. The molecular formula is C18H24N2. The Morgan fingerprint density at radius 3 is 2.45 bits per heavy atom. The molecule has 2 heteroatoms. The van der Waals surface area contributed by atoms with Crippen LogP contribution in [0.3, 0.4) is 0 Å². The fourth-order valence-corrected chi connectivity index (χ4v) is 2.32. The molecule has 0 aromatic heterocycles. The Labute approximate surface area is 122 Å². The Bertz CT molecular complexity index is 534. The zero-order valence-electron chi connectivity index (χ0n) is 12.7. The van der Waals surface area contributed by atoms with E-state index in [-0.39, 0.29) is 0 Å². The maximum absolute atomic E-state index is 3.38. The van der Waals surface area contributed by atoms with Gasteiger partial charge in [0, 0.05) is 25.8 Å². The normalized spacial score (nSPS) is 10.6. The van der Waals surface area contributed by atoms with E-state index in [2.05, 4.69) is 79.6 Å². The summed E-state index contributed by atoms with van der Waals surface area (Å²) in [5.74, 6) is 0. The van der Waals surface area contributed by atoms with Gasteiger partial charge < -0.3 is 10.2 Å². The molecule has 0 aliphatic carbocycles. The quantitative estimate of drug-likeness (QED) is 0.858. The van der Waals surface area contributed by atoms with Crippen LogP contribution in [0.15, 0.2) is 48.5 Å². The summed E-state index contributed by atoms with van der Waals surface area (Å²) in [4.78, 5) is 2.29. The van der Waals surface area contributed by atoms with Gasteiger partial charge >= 0.3 is 0 Å². The van der Waals surface area contributed by atoms with E-state index in [0.29, 0.717) is 0 Å². The van der Waals surface area contributed by atoms with Gasteiger partial charge in [-0.3, -0.25) is 0 Å². The molecule has 2 nitrogen and oxygen atoms in total. The van der Waals surface area contributed by atoms with E-state index in [1.54, 1.807) is 0 Å². The number of anilines is 1. The van der Waals surface area contributed by atoms with Crippen molar-refractivity contribution in [3.8, 4) is 0 Å². The van der Waals surface area contributed by atoms with Crippen LogP contribution in [0.25, 0.3) is 0 Å². The van der Waals surface area contributed by atoms with E-state index < -0.39 is 0 Å². The van der Waals surface area contributed by atoms with Crippen molar-refractivity contribution in [3.63, 3.8) is 0 Å². The highest BCUT2D eigenvalue weighted by molar-refractivity contribution is 5.50. The van der Waals surface area contributed by atoms with Crippen molar-refractivity contribution in [3.05, 3.63) is 65.2 Å². The lowest BCUT2D eigenvalue weighted by Crippen LogP contribution is -2.17. The molecule has 0 saturated carbocycles. The van der Waals surface area contributed by atoms with Crippen LogP contribution in [0.5, 0.6) is 0 Å². The van der Waals surface area contributed by atoms with Crippen LogP contribution in [-0.4, -0.2) is 13.6 Å². The summed E-state index contributed by atoms with van der Waals surface area (Å²) in [6.07, 6.45) is 0. The van der Waals surface area contributed by atoms with Crippen LogP contribution < -0.4 is 10.2 Å². The minimum Gasteiger partial charge on any atom is -0.370 e. The smallest absolute Gasteiger partial charge is 0.0426 e. The van der Waals surface area contributed by atoms with Gasteiger partial charge in [0.2, 0.25) is 0 Å². The van der Waals surface area contributed by atoms with Crippen molar-refractivity contribution in [2.24, 2.45) is 0 Å². The van der Waals surface area contributed by atoms with Crippen molar-refractivity contribution in [1.29, 1.82) is 0 Å². The van der Waals surface area contributed by atoms with Gasteiger partial charge in [-0.2, -0.15) is 0 Å². The van der Waals surface area contributed by atoms with Gasteiger partial charge in [-0.15, -0.1) is 0 Å². The molecule has 0 saturated heterocycles. The number of hydrogen-bond donors (Lipinski definition) is 1. The molecule has 0 radical (unpaired) electrons. The first-order valence-electron chi connectivity index (χ1n) is 7.26. The third-order valence-electron chi connectivity index (χ3n) is 3.59. The van der Waals surface area contributed by atoms with Gasteiger partial charge in [-0.25, -0.2) is 0 Å². The molecule has 0 aliphatic heterocycles. The summed E-state index contributed by atoms with van der Waals surface area (Å²) >= 11 is 0. The highest BCUT2D eigenvalue weighted by atomic mass is 15.1. The molecule has 106 valence electrons. The van der Waals surface area contributed by atoms with E-state index >= 15 is 0 Å². The topological polar surface area (TPSA) is 15.3 Å². The fourth-order valence-electron chi connectivity index (χ4n) is 2.32. The molecule has 2 aromatic carbocycles. The number of nitrogens with zero attached hydrogens (tertiary/aromatic N) is 1. The lowest BCUT2D eigenvalue weighted by molar-refractivity contribution is 0.723. The van der Waals surface area contributed by atoms with Crippen LogP contribution in [0.1, 0.15) is 23.6 Å². The monoisotopic (exact) mass is 268 g/mol. The lowest BCUT2D eigenvalue weighted by Gasteiger charge is -2.21. The van der Waals surface area contributed by atoms with Gasteiger partial charge in [0.25, 0.3) is 0 Å². The van der Waals surface area contributed by atoms with Crippen LogP contribution in [0.2, 0.25) is 0 Å². The summed E-state index contributed by atoms with van der Waals surface area (Å²) in [5, 5.41) is 3.38. The fraction of sp³-hybridized carbons (Fsp3) is 0.333. The second kappa shape index (κ2) is 7.11. The predicted octanol–water partition coefficient (Wildman–Crippen LogP) is 3.74. The third kappa shape index (κ3) is 3.84. The first-order chi connectivity index (χ1) is 9.70. The van der Waals surface area contributed by atoms with E-state index in [4.69, 9.17) is 0 Å². The van der Waals surface area contributed by atoms with Crippen LogP contribution in [0, 0.1) is 6.92 Å². The number of hydrogen-bond acceptors (Lipinski definition) is 2. The number of nitrogens with one attached hydrogen (secondary N) is 1. The van der Waals surface area contributed by atoms with E-state index in [9.17, 15) is 0 Å². The molecule has 1 N–H and O–H groups in total. The van der Waals surface area contributed by atoms with Crippen LogP contribution in [-0.2, 0) is 13.1 Å². The average Bonchev–Trinajstić information content (AvgIpc) is 2.47. The van der Waals surface area contributed by atoms with Gasteiger partial charge in [0.05, 0.1) is 0 Å². The van der Waals surface area contributed by atoms with E-state index in [1.807, 2.05) is 0 Å². The van der Waals surface area contributed by atoms with Gasteiger partial charge in [-0.05, 0) is 42.3 Å². The third-order valence-corrected chi connectivity index (χ3v) is 3.59. The molecule has 0 spiro atoms. The standard InChI is InChI=1S/C18H24N2/c1-4-19-13-17-10-11-18(12-15(17)2)20(3)14-16-8-6-5-7-9-16/h5-12,19H,4,13-14H2,1-3H3. The molecule has 0 fully saturated rings. The van der Waals surface area contributed by atoms with E-state index in [0.717, 1.165) is 19.6 Å². The van der Waals surface area contributed by atoms with Gasteiger partial charge in [-0.1, -0.05) is 43.3 Å². The summed E-state index contributed by atoms with van der Waals surface area (Å²) in [7, 11) is 2.14. The Kier molecular flexibility index (Phi) is 5.19. The lowest BCUT2D eigenvalue weighted by atomic mass is 10.1. The summed E-state index contributed by atoms with van der Waals surface area (Å²) < 4.78 is 0. The minimum absolute atomic E-state index is 0.937. The Morgan fingerprint density at radius 2 is 1.80 bits per heavy atom. The first kappa shape index (κ1) is 14.6. The van der Waals surface area contributed by atoms with Crippen molar-refractivity contribution in [1.82, 2.24) is 5.32 Å². The number of benzene rings is 2. The Balaban J connectivity index is 2.07. The molecule has 0 bridgehead atoms. The van der Waals surface area contributed by atoms with Crippen LogP contribution >= 0.6 is 0 Å². The van der Waals surface area contributed by atoms with Gasteiger partial charge in [0.1, 0.15) is 0 Å². The molecule has 2 aromatic rings. The van der Waals surface area contributed by atoms with E-state index in [1.165, 1.54) is 22.4 Å². The minimum atomic E-state index is 0.937. The molecule has 0 atom stereocenters. The molecule has 20 heavy (non-hydrogen) atoms. The number of aryl methyl sites for hydroxylation is 1. The predicted molar refractivity (Wildman–Crippen MR) is 87.1 cm³/mol.